The van der Waals surface area contributed by atoms with E-state index < -0.39 is 0 Å². The number of anilines is 1. The monoisotopic (exact) mass is 290 g/mol. The van der Waals surface area contributed by atoms with Gasteiger partial charge in [0.2, 0.25) is 0 Å². The van der Waals surface area contributed by atoms with Gasteiger partial charge in [-0.15, -0.1) is 11.3 Å². The predicted octanol–water partition coefficient (Wildman–Crippen LogP) is 2.83. The Hall–Kier alpha value is -2.01. The Kier molecular flexibility index (Phi) is 4.63. The second-order valence-electron chi connectivity index (χ2n) is 4.36. The van der Waals surface area contributed by atoms with Crippen LogP contribution in [0.2, 0.25) is 0 Å². The summed E-state index contributed by atoms with van der Waals surface area (Å²) in [7, 11) is 1.56. The predicted molar refractivity (Wildman–Crippen MR) is 82.3 cm³/mol. The number of amides is 1. The molecule has 0 aliphatic rings. The molecule has 0 aliphatic heterocycles. The van der Waals surface area contributed by atoms with E-state index in [-0.39, 0.29) is 5.91 Å². The SMILES string of the molecule is CCc1ccc(CNC(=O)c2cc(OC)ccc2N)s1. The molecule has 1 aromatic carbocycles. The average molecular weight is 290 g/mol. The number of carbonyl (C=O) groups excluding carboxylic acids is 1. The van der Waals surface area contributed by atoms with E-state index in [1.165, 1.54) is 4.88 Å². The van der Waals surface area contributed by atoms with Gasteiger partial charge in [0.25, 0.3) is 5.91 Å². The van der Waals surface area contributed by atoms with Gasteiger partial charge in [-0.05, 0) is 36.8 Å². The van der Waals surface area contributed by atoms with E-state index in [0.717, 1.165) is 11.3 Å². The average Bonchev–Trinajstić information content (AvgIpc) is 2.93. The first-order chi connectivity index (χ1) is 9.63. The number of rotatable bonds is 5. The van der Waals surface area contributed by atoms with E-state index in [0.29, 0.717) is 23.5 Å². The van der Waals surface area contributed by atoms with Crippen molar-refractivity contribution in [2.24, 2.45) is 0 Å². The molecule has 2 aromatic rings. The molecule has 0 atom stereocenters. The molecule has 5 heteroatoms. The van der Waals surface area contributed by atoms with Gasteiger partial charge in [-0.2, -0.15) is 0 Å². The van der Waals surface area contributed by atoms with E-state index in [1.807, 2.05) is 6.07 Å². The summed E-state index contributed by atoms with van der Waals surface area (Å²) in [5.41, 5.74) is 6.72. The molecule has 0 radical (unpaired) electrons. The lowest BCUT2D eigenvalue weighted by molar-refractivity contribution is 0.0952. The zero-order valence-corrected chi connectivity index (χ0v) is 12.4. The minimum atomic E-state index is -0.187. The quantitative estimate of drug-likeness (QED) is 0.832. The lowest BCUT2D eigenvalue weighted by Crippen LogP contribution is -2.23. The van der Waals surface area contributed by atoms with Crippen LogP contribution in [0.25, 0.3) is 0 Å². The molecular formula is C15H18N2O2S. The van der Waals surface area contributed by atoms with Gasteiger partial charge in [0.1, 0.15) is 5.75 Å². The van der Waals surface area contributed by atoms with Gasteiger partial charge in [0.05, 0.1) is 19.2 Å². The normalized spacial score (nSPS) is 10.3. The number of carbonyl (C=O) groups is 1. The molecule has 106 valence electrons. The van der Waals surface area contributed by atoms with Gasteiger partial charge in [0.15, 0.2) is 0 Å². The lowest BCUT2D eigenvalue weighted by atomic mass is 10.1. The maximum absolute atomic E-state index is 12.1. The molecule has 0 spiro atoms. The number of benzene rings is 1. The van der Waals surface area contributed by atoms with Crippen LogP contribution in [0, 0.1) is 0 Å². The molecule has 1 heterocycles. The van der Waals surface area contributed by atoms with E-state index in [2.05, 4.69) is 18.3 Å². The highest BCUT2D eigenvalue weighted by Crippen LogP contribution is 2.20. The fourth-order valence-corrected chi connectivity index (χ4v) is 2.73. The summed E-state index contributed by atoms with van der Waals surface area (Å²) in [4.78, 5) is 14.6. The highest BCUT2D eigenvalue weighted by molar-refractivity contribution is 7.11. The van der Waals surface area contributed by atoms with Gasteiger partial charge in [-0.25, -0.2) is 0 Å². The molecule has 2 rings (SSSR count). The molecule has 4 nitrogen and oxygen atoms in total. The topological polar surface area (TPSA) is 64.3 Å². The van der Waals surface area contributed by atoms with Crippen molar-refractivity contribution in [1.82, 2.24) is 5.32 Å². The Labute approximate surface area is 122 Å². The first-order valence-corrected chi connectivity index (χ1v) is 7.25. The van der Waals surface area contributed by atoms with Gasteiger partial charge < -0.3 is 15.8 Å². The zero-order chi connectivity index (χ0) is 14.5. The Morgan fingerprint density at radius 1 is 1.30 bits per heavy atom. The van der Waals surface area contributed by atoms with E-state index in [1.54, 1.807) is 36.6 Å². The molecule has 0 unspecified atom stereocenters. The Bertz CT molecular complexity index is 608. The molecule has 0 bridgehead atoms. The van der Waals surface area contributed by atoms with Crippen molar-refractivity contribution in [1.29, 1.82) is 0 Å². The second kappa shape index (κ2) is 6.43. The first-order valence-electron chi connectivity index (χ1n) is 6.43. The first kappa shape index (κ1) is 14.4. The van der Waals surface area contributed by atoms with Crippen molar-refractivity contribution in [3.8, 4) is 5.75 Å². The summed E-state index contributed by atoms with van der Waals surface area (Å²) in [6, 6.07) is 9.19. The smallest absolute Gasteiger partial charge is 0.253 e. The number of nitrogens with one attached hydrogen (secondary N) is 1. The Morgan fingerprint density at radius 3 is 2.70 bits per heavy atom. The van der Waals surface area contributed by atoms with E-state index >= 15 is 0 Å². The van der Waals surface area contributed by atoms with Gasteiger partial charge in [-0.1, -0.05) is 6.92 Å². The summed E-state index contributed by atoms with van der Waals surface area (Å²) in [5.74, 6) is 0.432. The number of hydrogen-bond donors (Lipinski definition) is 2. The van der Waals surface area contributed by atoms with Crippen LogP contribution in [-0.2, 0) is 13.0 Å². The van der Waals surface area contributed by atoms with Crippen molar-refractivity contribution in [2.75, 3.05) is 12.8 Å². The summed E-state index contributed by atoms with van der Waals surface area (Å²) >= 11 is 1.71. The van der Waals surface area contributed by atoms with Crippen molar-refractivity contribution in [2.45, 2.75) is 19.9 Å². The summed E-state index contributed by atoms with van der Waals surface area (Å²) < 4.78 is 5.11. The summed E-state index contributed by atoms with van der Waals surface area (Å²) in [6.45, 7) is 2.63. The van der Waals surface area contributed by atoms with Crippen molar-refractivity contribution in [3.05, 3.63) is 45.6 Å². The molecule has 0 aliphatic carbocycles. The molecule has 1 aromatic heterocycles. The largest absolute Gasteiger partial charge is 0.497 e. The van der Waals surface area contributed by atoms with Crippen molar-refractivity contribution < 1.29 is 9.53 Å². The van der Waals surface area contributed by atoms with Gasteiger partial charge >= 0.3 is 0 Å². The third kappa shape index (κ3) is 3.30. The fraction of sp³-hybridized carbons (Fsp3) is 0.267. The van der Waals surface area contributed by atoms with Crippen molar-refractivity contribution in [3.63, 3.8) is 0 Å². The van der Waals surface area contributed by atoms with Gasteiger partial charge in [0, 0.05) is 15.4 Å². The van der Waals surface area contributed by atoms with Crippen LogP contribution >= 0.6 is 11.3 Å². The minimum absolute atomic E-state index is 0.187. The lowest BCUT2D eigenvalue weighted by Gasteiger charge is -2.08. The minimum Gasteiger partial charge on any atom is -0.497 e. The molecule has 3 N–H and O–H groups in total. The van der Waals surface area contributed by atoms with Crippen molar-refractivity contribution >= 4 is 22.9 Å². The molecular weight excluding hydrogens is 272 g/mol. The molecule has 1 amide bonds. The number of hydrogen-bond acceptors (Lipinski definition) is 4. The Balaban J connectivity index is 2.04. The van der Waals surface area contributed by atoms with Crippen LogP contribution in [0.1, 0.15) is 27.0 Å². The van der Waals surface area contributed by atoms with Crippen LogP contribution in [0.5, 0.6) is 5.75 Å². The third-order valence-electron chi connectivity index (χ3n) is 2.99. The Morgan fingerprint density at radius 2 is 2.05 bits per heavy atom. The second-order valence-corrected chi connectivity index (χ2v) is 5.61. The third-order valence-corrected chi connectivity index (χ3v) is 4.22. The number of nitrogen functional groups attached to an aromatic ring is 1. The van der Waals surface area contributed by atoms with Crippen LogP contribution in [0.4, 0.5) is 5.69 Å². The number of nitrogens with two attached hydrogens (primary N) is 1. The van der Waals surface area contributed by atoms with Gasteiger partial charge in [-0.3, -0.25) is 4.79 Å². The van der Waals surface area contributed by atoms with Crippen LogP contribution in [0.3, 0.4) is 0 Å². The summed E-state index contributed by atoms with van der Waals surface area (Å²) in [6.07, 6.45) is 1.02. The maximum Gasteiger partial charge on any atom is 0.253 e. The molecule has 20 heavy (non-hydrogen) atoms. The molecule has 0 saturated heterocycles. The molecule has 0 saturated carbocycles. The molecule has 0 fully saturated rings. The highest BCUT2D eigenvalue weighted by atomic mass is 32.1. The fourth-order valence-electron chi connectivity index (χ4n) is 1.83. The summed E-state index contributed by atoms with van der Waals surface area (Å²) in [5, 5.41) is 2.88. The number of ether oxygens (including phenoxy) is 1. The number of methoxy groups -OCH3 is 1. The van der Waals surface area contributed by atoms with Crippen LogP contribution < -0.4 is 15.8 Å². The highest BCUT2D eigenvalue weighted by Gasteiger charge is 2.11. The van der Waals surface area contributed by atoms with E-state index in [4.69, 9.17) is 10.5 Å². The van der Waals surface area contributed by atoms with Crippen LogP contribution in [-0.4, -0.2) is 13.0 Å². The number of thiophene rings is 1. The number of aryl methyl sites for hydroxylation is 1. The van der Waals surface area contributed by atoms with Crippen LogP contribution in [0.15, 0.2) is 30.3 Å². The standard InChI is InChI=1S/C15H18N2O2S/c1-3-11-5-6-12(20-11)9-17-15(18)13-8-10(19-2)4-7-14(13)16/h4-8H,3,9,16H2,1-2H3,(H,17,18). The van der Waals surface area contributed by atoms with E-state index in [9.17, 15) is 4.79 Å². The maximum atomic E-state index is 12.1. The zero-order valence-electron chi connectivity index (χ0n) is 11.6.